The molecule has 2 N–H and O–H groups in total. The Morgan fingerprint density at radius 2 is 1.96 bits per heavy atom. The van der Waals surface area contributed by atoms with Crippen molar-refractivity contribution in [2.24, 2.45) is 0 Å². The van der Waals surface area contributed by atoms with Crippen molar-refractivity contribution in [2.75, 3.05) is 23.5 Å². The minimum Gasteiger partial charge on any atom is -0.334 e. The van der Waals surface area contributed by atoms with Crippen LogP contribution in [0.2, 0.25) is 0 Å². The molecule has 0 bridgehead atoms. The molecule has 0 radical (unpaired) electrons. The van der Waals surface area contributed by atoms with Crippen molar-refractivity contribution < 1.29 is 9.72 Å². The van der Waals surface area contributed by atoms with Crippen LogP contribution in [0.1, 0.15) is 11.4 Å². The van der Waals surface area contributed by atoms with Gasteiger partial charge in [-0.15, -0.1) is 10.2 Å². The van der Waals surface area contributed by atoms with Gasteiger partial charge in [-0.2, -0.15) is 5.10 Å². The lowest BCUT2D eigenvalue weighted by Crippen LogP contribution is -2.28. The lowest BCUT2D eigenvalue weighted by Gasteiger charge is -2.16. The molecule has 0 aliphatic rings. The number of carbonyl (C=O) groups is 1. The van der Waals surface area contributed by atoms with Crippen molar-refractivity contribution >= 4 is 29.0 Å². The van der Waals surface area contributed by atoms with Crippen LogP contribution in [0.15, 0.2) is 35.5 Å². The number of aromatic nitrogens is 5. The highest BCUT2D eigenvalue weighted by Crippen LogP contribution is 2.21. The molecule has 3 aromatic rings. The number of carbonyl (C=O) groups excluding carboxylic acids is 1. The van der Waals surface area contributed by atoms with Gasteiger partial charge in [0.25, 0.3) is 11.6 Å². The van der Waals surface area contributed by atoms with Gasteiger partial charge in [0.1, 0.15) is 0 Å². The molecule has 11 nitrogen and oxygen atoms in total. The average Bonchev–Trinajstić information content (AvgIpc) is 3.20. The van der Waals surface area contributed by atoms with Crippen molar-refractivity contribution in [1.29, 1.82) is 0 Å². The van der Waals surface area contributed by atoms with Crippen LogP contribution in [0.3, 0.4) is 0 Å². The number of hydrogen-bond donors (Lipinski definition) is 1. The molecule has 3 rings (SSSR count). The third-order valence-electron chi connectivity index (χ3n) is 3.99. The predicted molar refractivity (Wildman–Crippen MR) is 104 cm³/mol. The van der Waals surface area contributed by atoms with Gasteiger partial charge in [-0.3, -0.25) is 14.9 Å². The molecule has 0 fully saturated rings. The lowest BCUT2D eigenvalue weighted by molar-refractivity contribution is -0.384. The van der Waals surface area contributed by atoms with E-state index in [1.54, 1.807) is 11.7 Å². The molecule has 2 heterocycles. The van der Waals surface area contributed by atoms with E-state index in [4.69, 9.17) is 5.84 Å². The third-order valence-corrected chi connectivity index (χ3v) is 4.92. The van der Waals surface area contributed by atoms with Crippen LogP contribution in [0, 0.1) is 24.0 Å². The zero-order valence-corrected chi connectivity index (χ0v) is 16.3. The first-order valence-corrected chi connectivity index (χ1v) is 9.14. The first kappa shape index (κ1) is 19.4. The van der Waals surface area contributed by atoms with E-state index in [0.29, 0.717) is 16.8 Å². The minimum atomic E-state index is -0.490. The highest BCUT2D eigenvalue weighted by atomic mass is 32.2. The Labute approximate surface area is 164 Å². The van der Waals surface area contributed by atoms with Crippen LogP contribution in [0.4, 0.5) is 11.4 Å². The summed E-state index contributed by atoms with van der Waals surface area (Å²) in [6.07, 6.45) is 0. The second-order valence-electron chi connectivity index (χ2n) is 6.01. The lowest BCUT2D eigenvalue weighted by atomic mass is 10.2. The van der Waals surface area contributed by atoms with Gasteiger partial charge in [-0.1, -0.05) is 11.8 Å². The number of benzene rings is 1. The average molecular weight is 402 g/mol. The topological polar surface area (TPSA) is 138 Å². The first-order chi connectivity index (χ1) is 13.3. The van der Waals surface area contributed by atoms with Crippen molar-refractivity contribution in [3.63, 3.8) is 0 Å². The number of amides is 1. The summed E-state index contributed by atoms with van der Waals surface area (Å²) < 4.78 is 2.86. The summed E-state index contributed by atoms with van der Waals surface area (Å²) in [6.45, 7) is 3.74. The predicted octanol–water partition coefficient (Wildman–Crippen LogP) is 1.46. The summed E-state index contributed by atoms with van der Waals surface area (Å²) in [7, 11) is 1.60. The molecule has 0 atom stereocenters. The maximum atomic E-state index is 12.4. The number of nitro benzene ring substituents is 1. The standard InChI is InChI=1S/C16H18N8O3S/c1-10-8-11(2)23(20-10)15-18-19-16(22(15)17)28-9-14(25)21(3)12-4-6-13(7-5-12)24(26)27/h4-8H,9,17H2,1-3H3. The van der Waals surface area contributed by atoms with Crippen molar-refractivity contribution in [1.82, 2.24) is 24.7 Å². The highest BCUT2D eigenvalue weighted by Gasteiger charge is 2.18. The van der Waals surface area contributed by atoms with Crippen LogP contribution < -0.4 is 10.7 Å². The van der Waals surface area contributed by atoms with E-state index in [2.05, 4.69) is 15.3 Å². The number of rotatable bonds is 6. The Hall–Kier alpha value is -3.41. The van der Waals surface area contributed by atoms with Crippen LogP contribution >= 0.6 is 11.8 Å². The number of nitrogen functional groups attached to an aromatic ring is 1. The number of hydrogen-bond acceptors (Lipinski definition) is 8. The fourth-order valence-corrected chi connectivity index (χ4v) is 3.27. The fraction of sp³-hybridized carbons (Fsp3) is 0.250. The van der Waals surface area contributed by atoms with E-state index in [-0.39, 0.29) is 17.3 Å². The van der Waals surface area contributed by atoms with E-state index in [1.165, 1.54) is 33.8 Å². The van der Waals surface area contributed by atoms with Crippen molar-refractivity contribution in [3.05, 3.63) is 51.8 Å². The largest absolute Gasteiger partial charge is 0.334 e. The van der Waals surface area contributed by atoms with Crippen LogP contribution in [0.25, 0.3) is 5.95 Å². The van der Waals surface area contributed by atoms with Crippen molar-refractivity contribution in [2.45, 2.75) is 19.0 Å². The summed E-state index contributed by atoms with van der Waals surface area (Å²) in [5, 5.41) is 23.5. The van der Waals surface area contributed by atoms with Gasteiger partial charge in [-0.05, 0) is 32.0 Å². The molecule has 0 unspecified atom stereocenters. The van der Waals surface area contributed by atoms with E-state index in [9.17, 15) is 14.9 Å². The maximum Gasteiger partial charge on any atom is 0.271 e. The van der Waals surface area contributed by atoms with Gasteiger partial charge in [-0.25, -0.2) is 9.36 Å². The van der Waals surface area contributed by atoms with Gasteiger partial charge in [0.2, 0.25) is 11.1 Å². The van der Waals surface area contributed by atoms with Gasteiger partial charge >= 0.3 is 0 Å². The molecule has 28 heavy (non-hydrogen) atoms. The molecule has 12 heteroatoms. The van der Waals surface area contributed by atoms with Gasteiger partial charge in [0, 0.05) is 30.6 Å². The van der Waals surface area contributed by atoms with Gasteiger partial charge < -0.3 is 10.7 Å². The highest BCUT2D eigenvalue weighted by molar-refractivity contribution is 7.99. The summed E-state index contributed by atoms with van der Waals surface area (Å²) in [5.41, 5.74) is 2.21. The maximum absolute atomic E-state index is 12.4. The number of nitrogens with zero attached hydrogens (tertiary/aromatic N) is 7. The SMILES string of the molecule is Cc1cc(C)n(-c2nnc(SCC(=O)N(C)c3ccc([N+](=O)[O-])cc3)n2N)n1. The van der Waals surface area contributed by atoms with Crippen LogP contribution in [-0.2, 0) is 4.79 Å². The Morgan fingerprint density at radius 3 is 2.54 bits per heavy atom. The second kappa shape index (κ2) is 7.68. The Bertz CT molecular complexity index is 1030. The number of nitro groups is 1. The van der Waals surface area contributed by atoms with Crippen LogP contribution in [-0.4, -0.2) is 48.3 Å². The third kappa shape index (κ3) is 3.81. The number of anilines is 1. The van der Waals surface area contributed by atoms with E-state index in [0.717, 1.165) is 23.1 Å². The number of non-ortho nitro benzene ring substituents is 1. The molecule has 0 aliphatic carbocycles. The normalized spacial score (nSPS) is 10.8. The summed E-state index contributed by atoms with van der Waals surface area (Å²) in [5.74, 6) is 6.26. The molecule has 0 spiro atoms. The molecular weight excluding hydrogens is 384 g/mol. The minimum absolute atomic E-state index is 0.0353. The van der Waals surface area contributed by atoms with Gasteiger partial charge in [0.15, 0.2) is 0 Å². The van der Waals surface area contributed by atoms with E-state index >= 15 is 0 Å². The summed E-state index contributed by atoms with van der Waals surface area (Å²) in [6, 6.07) is 7.64. The van der Waals surface area contributed by atoms with Crippen LogP contribution in [0.5, 0.6) is 0 Å². The molecule has 0 saturated heterocycles. The number of thioether (sulfide) groups is 1. The second-order valence-corrected chi connectivity index (χ2v) is 6.95. The molecular formula is C16H18N8O3S. The zero-order valence-electron chi connectivity index (χ0n) is 15.4. The molecule has 0 aliphatic heterocycles. The van der Waals surface area contributed by atoms with Gasteiger partial charge in [0.05, 0.1) is 16.4 Å². The molecule has 1 amide bonds. The Kier molecular flexibility index (Phi) is 5.31. The zero-order chi connectivity index (χ0) is 20.4. The monoisotopic (exact) mass is 402 g/mol. The molecule has 0 saturated carbocycles. The Morgan fingerprint density at radius 1 is 1.29 bits per heavy atom. The first-order valence-electron chi connectivity index (χ1n) is 8.16. The molecule has 1 aromatic carbocycles. The van der Waals surface area contributed by atoms with E-state index in [1.807, 2.05) is 19.9 Å². The fourth-order valence-electron chi connectivity index (χ4n) is 2.51. The molecule has 2 aromatic heterocycles. The summed E-state index contributed by atoms with van der Waals surface area (Å²) in [4.78, 5) is 24.1. The summed E-state index contributed by atoms with van der Waals surface area (Å²) >= 11 is 1.14. The number of aryl methyl sites for hydroxylation is 2. The smallest absolute Gasteiger partial charge is 0.271 e. The molecule has 146 valence electrons. The number of nitrogens with two attached hydrogens (primary N) is 1. The Balaban J connectivity index is 1.67. The van der Waals surface area contributed by atoms with Crippen molar-refractivity contribution in [3.8, 4) is 5.95 Å². The quantitative estimate of drug-likeness (QED) is 0.283. The van der Waals surface area contributed by atoms with E-state index < -0.39 is 4.92 Å².